The Morgan fingerprint density at radius 1 is 1.61 bits per heavy atom. The summed E-state index contributed by atoms with van der Waals surface area (Å²) >= 11 is 1.50. The van der Waals surface area contributed by atoms with E-state index in [4.69, 9.17) is 5.11 Å². The molecule has 0 saturated heterocycles. The molecule has 0 aromatic carbocycles. The lowest BCUT2D eigenvalue weighted by atomic mass is 10.1. The molecular weight excluding hydrogens is 254 g/mol. The number of nitrogens with one attached hydrogen (secondary N) is 1. The van der Waals surface area contributed by atoms with Gasteiger partial charge in [-0.05, 0) is 19.3 Å². The van der Waals surface area contributed by atoms with Gasteiger partial charge in [0.2, 0.25) is 5.91 Å². The predicted molar refractivity (Wildman–Crippen MR) is 69.2 cm³/mol. The number of nitrogens with zero attached hydrogens (tertiary/aromatic N) is 2. The summed E-state index contributed by atoms with van der Waals surface area (Å²) in [6.45, 7) is 4.48. The molecule has 0 aromatic rings. The highest BCUT2D eigenvalue weighted by Crippen LogP contribution is 2.30. The van der Waals surface area contributed by atoms with Gasteiger partial charge < -0.3 is 15.3 Å². The molecule has 1 amide bonds. The molecule has 0 bridgehead atoms. The summed E-state index contributed by atoms with van der Waals surface area (Å²) < 4.78 is 0. The quantitative estimate of drug-likeness (QED) is 0.781. The number of aliphatic imine (C=N–C) groups is 1. The number of aliphatic carboxylic acids is 1. The van der Waals surface area contributed by atoms with E-state index in [-0.39, 0.29) is 12.3 Å². The fourth-order valence-corrected chi connectivity index (χ4v) is 2.68. The average molecular weight is 269 g/mol. The smallest absolute Gasteiger partial charge is 0.328 e. The van der Waals surface area contributed by atoms with Crippen LogP contribution >= 0.6 is 11.8 Å². The van der Waals surface area contributed by atoms with Crippen LogP contribution in [-0.2, 0) is 9.59 Å². The fraction of sp³-hybridized carbons (Fsp3) is 0.545. The van der Waals surface area contributed by atoms with Gasteiger partial charge in [-0.2, -0.15) is 0 Å². The third-order valence-corrected chi connectivity index (χ3v) is 3.73. The molecule has 6 nitrogen and oxygen atoms in total. The number of fused-ring (bicyclic) bond motifs is 1. The van der Waals surface area contributed by atoms with Crippen LogP contribution in [0.2, 0.25) is 0 Å². The van der Waals surface area contributed by atoms with Crippen LogP contribution < -0.4 is 5.32 Å². The van der Waals surface area contributed by atoms with E-state index in [2.05, 4.69) is 10.3 Å². The van der Waals surface area contributed by atoms with Gasteiger partial charge >= 0.3 is 5.97 Å². The Morgan fingerprint density at radius 3 is 3.00 bits per heavy atom. The lowest BCUT2D eigenvalue weighted by molar-refractivity contribution is -0.145. The monoisotopic (exact) mass is 269 g/mol. The van der Waals surface area contributed by atoms with Gasteiger partial charge in [0.05, 0.1) is 13.0 Å². The zero-order valence-electron chi connectivity index (χ0n) is 10.3. The maximum atomic E-state index is 11.8. The Labute approximate surface area is 109 Å². The molecule has 2 heterocycles. The number of carboxylic acids is 1. The standard InChI is InChI=1S/C11H15N3O3S/c1-11(2,9(16)17)13-8(15)5-7-6-18-10-12-3-4-14(7)10/h6H,3-5H2,1-2H3,(H,13,15)(H,16,17). The van der Waals surface area contributed by atoms with Gasteiger partial charge in [-0.1, -0.05) is 11.8 Å². The first-order valence-electron chi connectivity index (χ1n) is 5.62. The summed E-state index contributed by atoms with van der Waals surface area (Å²) in [6, 6.07) is 0. The minimum atomic E-state index is -1.24. The number of hydrogen-bond donors (Lipinski definition) is 2. The fourth-order valence-electron chi connectivity index (χ4n) is 1.73. The van der Waals surface area contributed by atoms with Crippen molar-refractivity contribution in [1.29, 1.82) is 0 Å². The topological polar surface area (TPSA) is 82.0 Å². The Kier molecular flexibility index (Phi) is 3.34. The molecule has 0 fully saturated rings. The molecule has 2 N–H and O–H groups in total. The van der Waals surface area contributed by atoms with Gasteiger partial charge in [-0.25, -0.2) is 4.79 Å². The van der Waals surface area contributed by atoms with Crippen LogP contribution in [0, 0.1) is 0 Å². The van der Waals surface area contributed by atoms with Crippen molar-refractivity contribution in [3.8, 4) is 0 Å². The number of carboxylic acid groups (broad SMARTS) is 1. The van der Waals surface area contributed by atoms with Crippen LogP contribution in [0.3, 0.4) is 0 Å². The summed E-state index contributed by atoms with van der Waals surface area (Å²) in [5.41, 5.74) is -0.361. The number of thioether (sulfide) groups is 1. The van der Waals surface area contributed by atoms with Crippen molar-refractivity contribution in [2.45, 2.75) is 25.8 Å². The number of amidine groups is 1. The second kappa shape index (κ2) is 4.64. The van der Waals surface area contributed by atoms with E-state index in [1.807, 2.05) is 10.3 Å². The second-order valence-corrected chi connectivity index (χ2v) is 5.53. The van der Waals surface area contributed by atoms with Gasteiger partial charge in [0.1, 0.15) is 5.54 Å². The Balaban J connectivity index is 1.93. The lowest BCUT2D eigenvalue weighted by Gasteiger charge is -2.22. The Bertz CT molecular complexity index is 456. The minimum absolute atomic E-state index is 0.183. The van der Waals surface area contributed by atoms with E-state index in [1.54, 1.807) is 0 Å². The largest absolute Gasteiger partial charge is 0.480 e. The second-order valence-electron chi connectivity index (χ2n) is 4.70. The molecule has 0 atom stereocenters. The van der Waals surface area contributed by atoms with Crippen molar-refractivity contribution in [2.75, 3.05) is 13.1 Å². The average Bonchev–Trinajstić information content (AvgIpc) is 2.81. The molecule has 0 saturated carbocycles. The number of carbonyl (C=O) groups excluding carboxylic acids is 1. The summed E-state index contributed by atoms with van der Waals surface area (Å²) in [5, 5.41) is 14.3. The molecule has 7 heteroatoms. The maximum Gasteiger partial charge on any atom is 0.328 e. The first-order chi connectivity index (χ1) is 8.40. The van der Waals surface area contributed by atoms with Crippen LogP contribution in [0.15, 0.2) is 16.1 Å². The van der Waals surface area contributed by atoms with Crippen molar-refractivity contribution in [2.24, 2.45) is 4.99 Å². The molecule has 0 aromatic heterocycles. The molecule has 0 aliphatic carbocycles. The zero-order chi connectivity index (χ0) is 13.3. The lowest BCUT2D eigenvalue weighted by Crippen LogP contribution is -2.50. The van der Waals surface area contributed by atoms with Crippen LogP contribution in [0.5, 0.6) is 0 Å². The summed E-state index contributed by atoms with van der Waals surface area (Å²) in [6.07, 6.45) is 0.183. The molecule has 98 valence electrons. The highest BCUT2D eigenvalue weighted by atomic mass is 32.2. The van der Waals surface area contributed by atoms with Crippen molar-refractivity contribution in [3.63, 3.8) is 0 Å². The Hall–Kier alpha value is -1.50. The molecule has 2 aliphatic rings. The molecular formula is C11H15N3O3S. The van der Waals surface area contributed by atoms with Crippen molar-refractivity contribution in [1.82, 2.24) is 10.2 Å². The van der Waals surface area contributed by atoms with Crippen LogP contribution in [-0.4, -0.2) is 45.7 Å². The number of carbonyl (C=O) groups is 2. The van der Waals surface area contributed by atoms with Crippen molar-refractivity contribution >= 4 is 28.8 Å². The predicted octanol–water partition coefficient (Wildman–Crippen LogP) is 0.616. The van der Waals surface area contributed by atoms with E-state index >= 15 is 0 Å². The minimum Gasteiger partial charge on any atom is -0.480 e. The molecule has 0 spiro atoms. The summed E-state index contributed by atoms with van der Waals surface area (Å²) in [5.74, 6) is -1.34. The number of hydrogen-bond acceptors (Lipinski definition) is 5. The molecule has 2 aliphatic heterocycles. The van der Waals surface area contributed by atoms with E-state index in [1.165, 1.54) is 25.6 Å². The first-order valence-corrected chi connectivity index (χ1v) is 6.50. The van der Waals surface area contributed by atoms with Crippen LogP contribution in [0.4, 0.5) is 0 Å². The molecule has 2 rings (SSSR count). The van der Waals surface area contributed by atoms with Crippen molar-refractivity contribution < 1.29 is 14.7 Å². The third kappa shape index (κ3) is 2.50. The molecule has 18 heavy (non-hydrogen) atoms. The Morgan fingerprint density at radius 2 is 2.33 bits per heavy atom. The van der Waals surface area contributed by atoms with E-state index in [0.29, 0.717) is 0 Å². The number of rotatable bonds is 4. The third-order valence-electron chi connectivity index (χ3n) is 2.78. The summed E-state index contributed by atoms with van der Waals surface area (Å²) in [7, 11) is 0. The van der Waals surface area contributed by atoms with Gasteiger partial charge in [0.15, 0.2) is 5.17 Å². The van der Waals surface area contributed by atoms with Gasteiger partial charge in [0.25, 0.3) is 0 Å². The summed E-state index contributed by atoms with van der Waals surface area (Å²) in [4.78, 5) is 29.0. The highest BCUT2D eigenvalue weighted by molar-refractivity contribution is 8.16. The highest BCUT2D eigenvalue weighted by Gasteiger charge is 2.31. The van der Waals surface area contributed by atoms with E-state index in [0.717, 1.165) is 24.0 Å². The zero-order valence-corrected chi connectivity index (χ0v) is 11.1. The maximum absolute atomic E-state index is 11.8. The van der Waals surface area contributed by atoms with E-state index < -0.39 is 11.5 Å². The van der Waals surface area contributed by atoms with Crippen LogP contribution in [0.25, 0.3) is 0 Å². The SMILES string of the molecule is CC(C)(NC(=O)CC1=CSC2=NCCN12)C(=O)O. The van der Waals surface area contributed by atoms with E-state index in [9.17, 15) is 9.59 Å². The normalized spacial score (nSPS) is 18.2. The van der Waals surface area contributed by atoms with Gasteiger partial charge in [-0.3, -0.25) is 9.79 Å². The number of amides is 1. The first kappa shape index (κ1) is 12.9. The molecule has 0 radical (unpaired) electrons. The van der Waals surface area contributed by atoms with Crippen molar-refractivity contribution in [3.05, 3.63) is 11.1 Å². The van der Waals surface area contributed by atoms with Gasteiger partial charge in [-0.15, -0.1) is 0 Å². The molecule has 0 unspecified atom stereocenters. The van der Waals surface area contributed by atoms with Gasteiger partial charge in [0, 0.05) is 12.2 Å². The van der Waals surface area contributed by atoms with Crippen LogP contribution in [0.1, 0.15) is 20.3 Å².